The maximum Gasteiger partial charge on any atom is 0.124 e. The van der Waals surface area contributed by atoms with E-state index in [9.17, 15) is 0 Å². The lowest BCUT2D eigenvalue weighted by atomic mass is 9.95. The van der Waals surface area contributed by atoms with Crippen LogP contribution in [-0.4, -0.2) is 4.98 Å². The molecule has 0 radical (unpaired) electrons. The van der Waals surface area contributed by atoms with E-state index < -0.39 is 0 Å². The molecule has 2 nitrogen and oxygen atoms in total. The van der Waals surface area contributed by atoms with Gasteiger partial charge in [0.15, 0.2) is 0 Å². The summed E-state index contributed by atoms with van der Waals surface area (Å²) in [4.78, 5) is 8.15. The standard InChI is InChI=1S/C47H30N2S/c1-2-8-31(9-3-1)32-15-22-37(23-16-32)49(44-13-6-14-45-46(44)43-12-7-29-48-47(43)50-45)38-24-17-33(18-25-38)35-20-26-40-36(30-35)21-28-41-39-11-5-4-10-34(39)19-27-42(40)41/h1-30H. The molecule has 0 aliphatic rings. The minimum atomic E-state index is 1.06. The molecule has 0 atom stereocenters. The molecule has 0 amide bonds. The number of thiophene rings is 1. The van der Waals surface area contributed by atoms with Crippen molar-refractivity contribution in [2.45, 2.75) is 0 Å². The van der Waals surface area contributed by atoms with Gasteiger partial charge in [-0.25, -0.2) is 4.98 Å². The molecule has 0 saturated carbocycles. The quantitative estimate of drug-likeness (QED) is 0.172. The lowest BCUT2D eigenvalue weighted by Gasteiger charge is -2.27. The Balaban J connectivity index is 1.08. The van der Waals surface area contributed by atoms with Gasteiger partial charge in [0.05, 0.1) is 5.69 Å². The Hall–Kier alpha value is -6.29. The number of benzene rings is 8. The zero-order valence-corrected chi connectivity index (χ0v) is 27.9. The first-order valence-corrected chi connectivity index (χ1v) is 17.8. The van der Waals surface area contributed by atoms with E-state index in [2.05, 4.69) is 175 Å². The molecular formula is C47H30N2S. The summed E-state index contributed by atoms with van der Waals surface area (Å²) >= 11 is 1.75. The maximum atomic E-state index is 4.71. The van der Waals surface area contributed by atoms with Gasteiger partial charge in [-0.1, -0.05) is 121 Å². The molecule has 10 rings (SSSR count). The number of hydrogen-bond donors (Lipinski definition) is 0. The average molecular weight is 655 g/mol. The smallest absolute Gasteiger partial charge is 0.124 e. The number of rotatable bonds is 5. The second kappa shape index (κ2) is 11.7. The van der Waals surface area contributed by atoms with Gasteiger partial charge in [-0.05, 0) is 109 Å². The zero-order chi connectivity index (χ0) is 33.0. The van der Waals surface area contributed by atoms with Gasteiger partial charge >= 0.3 is 0 Å². The van der Waals surface area contributed by atoms with E-state index in [0.29, 0.717) is 0 Å². The van der Waals surface area contributed by atoms with Crippen molar-refractivity contribution in [3.8, 4) is 22.3 Å². The van der Waals surface area contributed by atoms with Crippen molar-refractivity contribution in [2.24, 2.45) is 0 Å². The van der Waals surface area contributed by atoms with Gasteiger partial charge in [-0.15, -0.1) is 11.3 Å². The van der Waals surface area contributed by atoms with Crippen LogP contribution in [0.4, 0.5) is 17.1 Å². The van der Waals surface area contributed by atoms with Crippen LogP contribution in [0.3, 0.4) is 0 Å². The monoisotopic (exact) mass is 654 g/mol. The van der Waals surface area contributed by atoms with E-state index in [-0.39, 0.29) is 0 Å². The summed E-state index contributed by atoms with van der Waals surface area (Å²) in [5.41, 5.74) is 8.17. The molecule has 2 heterocycles. The largest absolute Gasteiger partial charge is 0.310 e. The third-order valence-corrected chi connectivity index (χ3v) is 11.0. The number of fused-ring (bicyclic) bond motifs is 8. The first kappa shape index (κ1) is 28.7. The van der Waals surface area contributed by atoms with Crippen LogP contribution in [0.1, 0.15) is 0 Å². The fourth-order valence-electron chi connectivity index (χ4n) is 7.50. The van der Waals surface area contributed by atoms with Crippen LogP contribution in [-0.2, 0) is 0 Å². The van der Waals surface area contributed by atoms with Gasteiger partial charge in [0.2, 0.25) is 0 Å². The second-order valence-corrected chi connectivity index (χ2v) is 13.8. The Morgan fingerprint density at radius 2 is 1.00 bits per heavy atom. The fourth-order valence-corrected chi connectivity index (χ4v) is 8.57. The van der Waals surface area contributed by atoms with Gasteiger partial charge in [-0.3, -0.25) is 0 Å². The molecule has 10 aromatic rings. The van der Waals surface area contributed by atoms with Crippen LogP contribution in [0.2, 0.25) is 0 Å². The number of hydrogen-bond acceptors (Lipinski definition) is 3. The molecule has 0 N–H and O–H groups in total. The van der Waals surface area contributed by atoms with Crippen molar-refractivity contribution in [3.63, 3.8) is 0 Å². The van der Waals surface area contributed by atoms with E-state index in [1.54, 1.807) is 11.3 Å². The van der Waals surface area contributed by atoms with E-state index in [1.807, 2.05) is 12.3 Å². The summed E-state index contributed by atoms with van der Waals surface area (Å²) in [6.45, 7) is 0. The number of pyridine rings is 1. The minimum Gasteiger partial charge on any atom is -0.310 e. The molecule has 0 aliphatic heterocycles. The molecule has 234 valence electrons. The summed E-state index contributed by atoms with van der Waals surface area (Å²) in [6, 6.07) is 63.9. The highest BCUT2D eigenvalue weighted by atomic mass is 32.1. The van der Waals surface area contributed by atoms with Gasteiger partial charge in [0.1, 0.15) is 4.83 Å². The topological polar surface area (TPSA) is 16.1 Å². The summed E-state index contributed by atoms with van der Waals surface area (Å²) in [6.07, 6.45) is 1.88. The van der Waals surface area contributed by atoms with Crippen molar-refractivity contribution < 1.29 is 0 Å². The van der Waals surface area contributed by atoms with Crippen LogP contribution in [0, 0.1) is 0 Å². The van der Waals surface area contributed by atoms with Gasteiger partial charge in [0, 0.05) is 33.0 Å². The molecule has 8 aromatic carbocycles. The molecule has 50 heavy (non-hydrogen) atoms. The Morgan fingerprint density at radius 3 is 1.78 bits per heavy atom. The van der Waals surface area contributed by atoms with Crippen molar-refractivity contribution >= 4 is 81.0 Å². The molecule has 0 fully saturated rings. The molecule has 0 saturated heterocycles. The van der Waals surface area contributed by atoms with Crippen LogP contribution >= 0.6 is 11.3 Å². The van der Waals surface area contributed by atoms with Crippen molar-refractivity contribution in [1.82, 2.24) is 4.98 Å². The van der Waals surface area contributed by atoms with E-state index in [1.165, 1.54) is 70.0 Å². The van der Waals surface area contributed by atoms with E-state index in [0.717, 1.165) is 21.9 Å². The first-order valence-electron chi connectivity index (χ1n) is 17.0. The predicted octanol–water partition coefficient (Wildman–Crippen LogP) is 13.7. The van der Waals surface area contributed by atoms with Crippen LogP contribution in [0.25, 0.3) is 74.9 Å². The summed E-state index contributed by atoms with van der Waals surface area (Å²) in [7, 11) is 0. The Labute approximate surface area is 294 Å². The highest BCUT2D eigenvalue weighted by Crippen LogP contribution is 2.45. The van der Waals surface area contributed by atoms with Gasteiger partial charge in [0.25, 0.3) is 0 Å². The molecule has 2 aromatic heterocycles. The first-order chi connectivity index (χ1) is 24.8. The lowest BCUT2D eigenvalue weighted by Crippen LogP contribution is -2.10. The number of aromatic nitrogens is 1. The van der Waals surface area contributed by atoms with Crippen molar-refractivity contribution in [2.75, 3.05) is 4.90 Å². The highest BCUT2D eigenvalue weighted by Gasteiger charge is 2.19. The van der Waals surface area contributed by atoms with Gasteiger partial charge in [-0.2, -0.15) is 0 Å². The molecule has 0 bridgehead atoms. The third kappa shape index (κ3) is 4.74. The average Bonchev–Trinajstić information content (AvgIpc) is 3.58. The molecular weight excluding hydrogens is 625 g/mol. The van der Waals surface area contributed by atoms with Crippen LogP contribution < -0.4 is 4.90 Å². The van der Waals surface area contributed by atoms with E-state index in [4.69, 9.17) is 4.98 Å². The van der Waals surface area contributed by atoms with Crippen molar-refractivity contribution in [3.05, 3.63) is 182 Å². The summed E-state index contributed by atoms with van der Waals surface area (Å²) in [5, 5.41) is 10.1. The molecule has 0 unspecified atom stereocenters. The Bertz CT molecular complexity index is 2850. The minimum absolute atomic E-state index is 1.06. The Morgan fingerprint density at radius 1 is 0.400 bits per heavy atom. The Kier molecular flexibility index (Phi) is 6.71. The maximum absolute atomic E-state index is 4.71. The molecule has 3 heteroatoms. The normalized spacial score (nSPS) is 11.6. The molecule has 0 aliphatic carbocycles. The van der Waals surface area contributed by atoms with Crippen LogP contribution in [0.5, 0.6) is 0 Å². The second-order valence-electron chi connectivity index (χ2n) is 12.8. The summed E-state index contributed by atoms with van der Waals surface area (Å²) in [5.74, 6) is 0. The number of nitrogens with zero attached hydrogens (tertiary/aromatic N) is 2. The summed E-state index contributed by atoms with van der Waals surface area (Å²) < 4.78 is 1.23. The molecule has 0 spiro atoms. The third-order valence-electron chi connectivity index (χ3n) is 9.93. The van der Waals surface area contributed by atoms with Gasteiger partial charge < -0.3 is 4.90 Å². The highest BCUT2D eigenvalue weighted by molar-refractivity contribution is 7.25. The lowest BCUT2D eigenvalue weighted by molar-refractivity contribution is 1.30. The van der Waals surface area contributed by atoms with Crippen LogP contribution in [0.15, 0.2) is 182 Å². The van der Waals surface area contributed by atoms with Crippen molar-refractivity contribution in [1.29, 1.82) is 0 Å². The van der Waals surface area contributed by atoms with E-state index >= 15 is 0 Å². The fraction of sp³-hybridized carbons (Fsp3) is 0. The zero-order valence-electron chi connectivity index (χ0n) is 27.1. The number of anilines is 3. The SMILES string of the molecule is c1ccc(-c2ccc(N(c3ccc(-c4ccc5c(ccc6c7ccccc7ccc56)c4)cc3)c3cccc4sc5ncccc5c34)cc2)cc1. The predicted molar refractivity (Wildman–Crippen MR) is 215 cm³/mol.